The van der Waals surface area contributed by atoms with Gasteiger partial charge < -0.3 is 5.32 Å². The van der Waals surface area contributed by atoms with Crippen LogP contribution < -0.4 is 5.32 Å². The second-order valence-electron chi connectivity index (χ2n) is 4.19. The third kappa shape index (κ3) is 2.92. The monoisotopic (exact) mass is 244 g/mol. The van der Waals surface area contributed by atoms with Crippen LogP contribution in [0.2, 0.25) is 0 Å². The molecule has 15 heavy (non-hydrogen) atoms. The Bertz CT molecular complexity index is 313. The van der Waals surface area contributed by atoms with Gasteiger partial charge in [-0.05, 0) is 25.7 Å². The molecule has 2 unspecified atom stereocenters. The van der Waals surface area contributed by atoms with Gasteiger partial charge in [0.05, 0.1) is 10.7 Å². The lowest BCUT2D eigenvalue weighted by Gasteiger charge is -2.18. The highest BCUT2D eigenvalue weighted by molar-refractivity contribution is 7.09. The number of halogens is 1. The number of nitrogens with one attached hydrogen (secondary N) is 1. The van der Waals surface area contributed by atoms with E-state index in [4.69, 9.17) is 11.6 Å². The number of alkyl halides is 1. The maximum absolute atomic E-state index is 5.93. The van der Waals surface area contributed by atoms with E-state index in [1.807, 2.05) is 6.92 Å². The summed E-state index contributed by atoms with van der Waals surface area (Å²) in [4.78, 5) is 4.45. The molecule has 1 aromatic rings. The number of aryl methyl sites for hydroxylation is 1. The molecule has 0 bridgehead atoms. The van der Waals surface area contributed by atoms with Crippen LogP contribution in [0.5, 0.6) is 0 Å². The van der Waals surface area contributed by atoms with Crippen LogP contribution in [0.1, 0.15) is 30.0 Å². The van der Waals surface area contributed by atoms with Crippen LogP contribution in [-0.4, -0.2) is 16.9 Å². The lowest BCUT2D eigenvalue weighted by atomic mass is 10.1. The van der Waals surface area contributed by atoms with Crippen LogP contribution in [0.4, 0.5) is 0 Å². The van der Waals surface area contributed by atoms with Crippen LogP contribution in [0.25, 0.3) is 0 Å². The van der Waals surface area contributed by atoms with Crippen LogP contribution in [0.15, 0.2) is 5.38 Å². The van der Waals surface area contributed by atoms with Crippen molar-refractivity contribution in [1.29, 1.82) is 0 Å². The standard InChI is InChI=1S/C11H17ClN2S/c1-8-14-10(7-15-8)6-13-11-4-2-3-9(11)5-12/h7,9,11,13H,2-6H2,1H3. The van der Waals surface area contributed by atoms with Crippen LogP contribution in [-0.2, 0) is 6.54 Å². The van der Waals surface area contributed by atoms with Crippen LogP contribution in [0.3, 0.4) is 0 Å². The minimum Gasteiger partial charge on any atom is -0.308 e. The molecule has 1 saturated carbocycles. The summed E-state index contributed by atoms with van der Waals surface area (Å²) in [6, 6.07) is 0.601. The molecule has 0 aliphatic heterocycles. The van der Waals surface area contributed by atoms with E-state index in [-0.39, 0.29) is 0 Å². The molecule has 0 radical (unpaired) electrons. The highest BCUT2D eigenvalue weighted by atomic mass is 35.5. The van der Waals surface area contributed by atoms with Gasteiger partial charge in [-0.15, -0.1) is 22.9 Å². The van der Waals surface area contributed by atoms with Crippen molar-refractivity contribution in [2.45, 2.75) is 38.8 Å². The molecule has 84 valence electrons. The zero-order valence-corrected chi connectivity index (χ0v) is 10.6. The second kappa shape index (κ2) is 5.28. The normalized spacial score (nSPS) is 26.0. The number of nitrogens with zero attached hydrogens (tertiary/aromatic N) is 1. The lowest BCUT2D eigenvalue weighted by Crippen LogP contribution is -2.32. The molecule has 1 N–H and O–H groups in total. The molecule has 0 spiro atoms. The summed E-state index contributed by atoms with van der Waals surface area (Å²) < 4.78 is 0. The van der Waals surface area contributed by atoms with E-state index in [1.165, 1.54) is 19.3 Å². The Morgan fingerprint density at radius 3 is 3.13 bits per heavy atom. The van der Waals surface area contributed by atoms with E-state index in [2.05, 4.69) is 15.7 Å². The smallest absolute Gasteiger partial charge is 0.0897 e. The molecule has 2 rings (SSSR count). The van der Waals surface area contributed by atoms with Crippen LogP contribution in [0, 0.1) is 12.8 Å². The van der Waals surface area contributed by atoms with Crippen LogP contribution >= 0.6 is 22.9 Å². The Hall–Kier alpha value is -0.120. The van der Waals surface area contributed by atoms with Crippen molar-refractivity contribution in [2.75, 3.05) is 5.88 Å². The minimum absolute atomic E-state index is 0.601. The van der Waals surface area contributed by atoms with Crippen molar-refractivity contribution >= 4 is 22.9 Å². The van der Waals surface area contributed by atoms with E-state index in [0.717, 1.165) is 23.1 Å². The summed E-state index contributed by atoms with van der Waals surface area (Å²) in [6.07, 6.45) is 3.85. The fourth-order valence-electron chi connectivity index (χ4n) is 2.22. The van der Waals surface area contributed by atoms with Crippen molar-refractivity contribution in [3.8, 4) is 0 Å². The number of rotatable bonds is 4. The lowest BCUT2D eigenvalue weighted by molar-refractivity contribution is 0.427. The van der Waals surface area contributed by atoms with Gasteiger partial charge in [0.1, 0.15) is 0 Å². The maximum atomic E-state index is 5.93. The van der Waals surface area contributed by atoms with Crippen molar-refractivity contribution < 1.29 is 0 Å². The average molecular weight is 245 g/mol. The van der Waals surface area contributed by atoms with Gasteiger partial charge in [0, 0.05) is 23.8 Å². The van der Waals surface area contributed by atoms with Gasteiger partial charge in [0.2, 0.25) is 0 Å². The molecule has 1 fully saturated rings. The Labute approximate surface area is 100 Å². The Kier molecular flexibility index (Phi) is 4.00. The van der Waals surface area contributed by atoms with E-state index < -0.39 is 0 Å². The topological polar surface area (TPSA) is 24.9 Å². The molecule has 0 saturated heterocycles. The summed E-state index contributed by atoms with van der Waals surface area (Å²) >= 11 is 7.65. The number of hydrogen-bond acceptors (Lipinski definition) is 3. The Morgan fingerprint density at radius 1 is 1.60 bits per heavy atom. The average Bonchev–Trinajstić information content (AvgIpc) is 2.83. The fourth-order valence-corrected chi connectivity index (χ4v) is 3.20. The predicted octanol–water partition coefficient (Wildman–Crippen LogP) is 2.95. The molecular formula is C11H17ClN2S. The van der Waals surface area contributed by atoms with Gasteiger partial charge in [0.25, 0.3) is 0 Å². The molecule has 2 nitrogen and oxygen atoms in total. The maximum Gasteiger partial charge on any atom is 0.0897 e. The minimum atomic E-state index is 0.601. The van der Waals surface area contributed by atoms with E-state index in [0.29, 0.717) is 12.0 Å². The molecule has 1 aliphatic rings. The quantitative estimate of drug-likeness (QED) is 0.824. The largest absolute Gasteiger partial charge is 0.308 e. The first-order chi connectivity index (χ1) is 7.29. The van der Waals surface area contributed by atoms with Crippen molar-refractivity contribution in [2.24, 2.45) is 5.92 Å². The summed E-state index contributed by atoms with van der Waals surface area (Å²) in [6.45, 7) is 2.94. The molecular weight excluding hydrogens is 228 g/mol. The molecule has 1 aliphatic carbocycles. The zero-order chi connectivity index (χ0) is 10.7. The van der Waals surface area contributed by atoms with E-state index >= 15 is 0 Å². The molecule has 1 heterocycles. The third-order valence-corrected chi connectivity index (χ3v) is 4.29. The van der Waals surface area contributed by atoms with Crippen molar-refractivity contribution in [3.63, 3.8) is 0 Å². The predicted molar refractivity (Wildman–Crippen MR) is 65.5 cm³/mol. The number of hydrogen-bond donors (Lipinski definition) is 1. The van der Waals surface area contributed by atoms with Gasteiger partial charge >= 0.3 is 0 Å². The Balaban J connectivity index is 1.82. The molecule has 0 aromatic carbocycles. The fraction of sp³-hybridized carbons (Fsp3) is 0.727. The van der Waals surface area contributed by atoms with Gasteiger partial charge in [0.15, 0.2) is 0 Å². The van der Waals surface area contributed by atoms with Gasteiger partial charge in [-0.1, -0.05) is 6.42 Å². The SMILES string of the molecule is Cc1nc(CNC2CCCC2CCl)cs1. The van der Waals surface area contributed by atoms with E-state index in [9.17, 15) is 0 Å². The molecule has 0 amide bonds. The highest BCUT2D eigenvalue weighted by Crippen LogP contribution is 2.26. The molecule has 1 aromatic heterocycles. The zero-order valence-electron chi connectivity index (χ0n) is 9.00. The molecule has 2 atom stereocenters. The van der Waals surface area contributed by atoms with Crippen molar-refractivity contribution in [1.82, 2.24) is 10.3 Å². The summed E-state index contributed by atoms with van der Waals surface area (Å²) in [7, 11) is 0. The van der Waals surface area contributed by atoms with Gasteiger partial charge in [-0.2, -0.15) is 0 Å². The highest BCUT2D eigenvalue weighted by Gasteiger charge is 2.25. The first-order valence-electron chi connectivity index (χ1n) is 5.50. The van der Waals surface area contributed by atoms with Gasteiger partial charge in [-0.3, -0.25) is 0 Å². The summed E-state index contributed by atoms with van der Waals surface area (Å²) in [5.74, 6) is 1.44. The summed E-state index contributed by atoms with van der Waals surface area (Å²) in [5, 5.41) is 6.85. The number of thiazole rings is 1. The second-order valence-corrected chi connectivity index (χ2v) is 5.56. The van der Waals surface area contributed by atoms with Crippen molar-refractivity contribution in [3.05, 3.63) is 16.1 Å². The first-order valence-corrected chi connectivity index (χ1v) is 6.91. The van der Waals surface area contributed by atoms with E-state index in [1.54, 1.807) is 11.3 Å². The number of aromatic nitrogens is 1. The first kappa shape index (κ1) is 11.4. The third-order valence-electron chi connectivity index (χ3n) is 3.07. The summed E-state index contributed by atoms with van der Waals surface area (Å²) in [5.41, 5.74) is 1.16. The molecule has 4 heteroatoms. The Morgan fingerprint density at radius 2 is 2.47 bits per heavy atom. The van der Waals surface area contributed by atoms with Gasteiger partial charge in [-0.25, -0.2) is 4.98 Å².